The number of hydrogen-bond acceptors (Lipinski definition) is 9. The molecule has 0 saturated heterocycles. The number of para-hydroxylation sites is 2. The number of rotatable bonds is 12. The van der Waals surface area contributed by atoms with Gasteiger partial charge in [0.15, 0.2) is 5.76 Å². The van der Waals surface area contributed by atoms with Crippen molar-refractivity contribution in [1.29, 1.82) is 0 Å². The third-order valence-electron chi connectivity index (χ3n) is 6.10. The van der Waals surface area contributed by atoms with Crippen LogP contribution in [0.25, 0.3) is 0 Å². The Morgan fingerprint density at radius 1 is 1.15 bits per heavy atom. The fraction of sp³-hybridized carbons (Fsp3) is 0.296. The van der Waals surface area contributed by atoms with Crippen LogP contribution in [0.1, 0.15) is 17.9 Å². The molecule has 0 radical (unpaired) electrons. The van der Waals surface area contributed by atoms with Gasteiger partial charge in [0.2, 0.25) is 16.3 Å². The first-order valence-electron chi connectivity index (χ1n) is 12.2. The van der Waals surface area contributed by atoms with Gasteiger partial charge in [-0.15, -0.1) is 0 Å². The van der Waals surface area contributed by atoms with E-state index in [1.54, 1.807) is 36.4 Å². The standard InChI is InChI=1S/C27H30N2O8S2/c1-35-21-6-8-22(9-7-21)39(33,34)29(11-13-30)12-14-36-26-17-20(19-10-15-38-18-19)16-25(37-26)27(32)28-23-4-2-3-5-24(23)31/h2-10,15-16,18,20,26,30-31H,11-14,17H2,1H3,(H,28,32). The molecule has 1 aliphatic heterocycles. The highest BCUT2D eigenvalue weighted by atomic mass is 32.2. The lowest BCUT2D eigenvalue weighted by atomic mass is 9.95. The number of aliphatic hydroxyl groups is 1. The van der Waals surface area contributed by atoms with E-state index in [0.717, 1.165) is 9.87 Å². The molecule has 0 bridgehead atoms. The number of benzene rings is 2. The van der Waals surface area contributed by atoms with Crippen LogP contribution >= 0.6 is 11.3 Å². The van der Waals surface area contributed by atoms with Gasteiger partial charge in [-0.05, 0) is 64.9 Å². The molecular formula is C27H30N2O8S2. The van der Waals surface area contributed by atoms with E-state index < -0.39 is 22.2 Å². The molecular weight excluding hydrogens is 544 g/mol. The number of anilines is 1. The number of hydrogen-bond donors (Lipinski definition) is 3. The maximum atomic E-state index is 13.2. The van der Waals surface area contributed by atoms with Crippen LogP contribution in [0.3, 0.4) is 0 Å². The predicted octanol–water partition coefficient (Wildman–Crippen LogP) is 3.51. The number of allylic oxidation sites excluding steroid dienone is 1. The van der Waals surface area contributed by atoms with Crippen molar-refractivity contribution < 1.29 is 37.6 Å². The number of nitrogens with one attached hydrogen (secondary N) is 1. The van der Waals surface area contributed by atoms with Gasteiger partial charge in [-0.2, -0.15) is 15.6 Å². The second-order valence-corrected chi connectivity index (χ2v) is 11.3. The minimum absolute atomic E-state index is 0.0313. The molecule has 2 heterocycles. The van der Waals surface area contributed by atoms with E-state index in [0.29, 0.717) is 12.2 Å². The maximum absolute atomic E-state index is 13.2. The molecule has 2 atom stereocenters. The molecule has 10 nitrogen and oxygen atoms in total. The number of carbonyl (C=O) groups is 1. The Bertz CT molecular complexity index is 1380. The molecule has 2 aromatic carbocycles. The molecule has 2 unspecified atom stereocenters. The average molecular weight is 575 g/mol. The first-order chi connectivity index (χ1) is 18.8. The lowest BCUT2D eigenvalue weighted by molar-refractivity contribution is -0.143. The predicted molar refractivity (Wildman–Crippen MR) is 146 cm³/mol. The van der Waals surface area contributed by atoms with E-state index in [1.807, 2.05) is 16.8 Å². The number of ether oxygens (including phenoxy) is 3. The van der Waals surface area contributed by atoms with Gasteiger partial charge in [-0.3, -0.25) is 4.79 Å². The number of phenolic OH excluding ortho intramolecular Hbond substituents is 1. The monoisotopic (exact) mass is 574 g/mol. The summed E-state index contributed by atoms with van der Waals surface area (Å²) in [4.78, 5) is 13.1. The first kappa shape index (κ1) is 28.6. The summed E-state index contributed by atoms with van der Waals surface area (Å²) in [7, 11) is -2.41. The molecule has 3 N–H and O–H groups in total. The third-order valence-corrected chi connectivity index (χ3v) is 8.71. The Morgan fingerprint density at radius 2 is 1.92 bits per heavy atom. The smallest absolute Gasteiger partial charge is 0.290 e. The Labute approximate surface area is 231 Å². The van der Waals surface area contributed by atoms with Gasteiger partial charge < -0.3 is 29.7 Å². The van der Waals surface area contributed by atoms with E-state index in [9.17, 15) is 23.4 Å². The highest BCUT2D eigenvalue weighted by Crippen LogP contribution is 2.33. The Hall–Kier alpha value is -3.42. The van der Waals surface area contributed by atoms with Crippen LogP contribution < -0.4 is 10.1 Å². The highest BCUT2D eigenvalue weighted by Gasteiger charge is 2.30. The van der Waals surface area contributed by atoms with Crippen molar-refractivity contribution in [2.75, 3.05) is 38.7 Å². The number of amides is 1. The number of carbonyl (C=O) groups excluding carboxylic acids is 1. The molecule has 0 aliphatic carbocycles. The van der Waals surface area contributed by atoms with Gasteiger partial charge in [0.1, 0.15) is 11.5 Å². The Kier molecular flexibility index (Phi) is 9.59. The molecule has 1 aliphatic rings. The molecule has 0 spiro atoms. The summed E-state index contributed by atoms with van der Waals surface area (Å²) in [5.41, 5.74) is 1.24. The number of phenols is 1. The minimum atomic E-state index is -3.90. The van der Waals surface area contributed by atoms with Crippen LogP contribution in [0.2, 0.25) is 0 Å². The zero-order chi connectivity index (χ0) is 27.8. The summed E-state index contributed by atoms with van der Waals surface area (Å²) in [6.07, 6.45) is 1.29. The third kappa shape index (κ3) is 7.16. The number of thiophene rings is 1. The van der Waals surface area contributed by atoms with E-state index in [2.05, 4.69) is 5.32 Å². The number of sulfonamides is 1. The number of aromatic hydroxyl groups is 1. The summed E-state index contributed by atoms with van der Waals surface area (Å²) in [6, 6.07) is 14.3. The molecule has 1 amide bonds. The van der Waals surface area contributed by atoms with Crippen molar-refractivity contribution in [3.63, 3.8) is 0 Å². The van der Waals surface area contributed by atoms with E-state index in [4.69, 9.17) is 14.2 Å². The van der Waals surface area contributed by atoms with Crippen molar-refractivity contribution in [3.05, 3.63) is 82.8 Å². The molecule has 0 saturated carbocycles. The second kappa shape index (κ2) is 13.1. The SMILES string of the molecule is COc1ccc(S(=O)(=O)N(CCO)CCOC2CC(c3ccsc3)C=C(C(=O)Nc3ccccc3O)O2)cc1. The van der Waals surface area contributed by atoms with Crippen molar-refractivity contribution in [2.45, 2.75) is 23.5 Å². The molecule has 1 aromatic heterocycles. The largest absolute Gasteiger partial charge is 0.506 e. The van der Waals surface area contributed by atoms with Crippen LogP contribution in [0, 0.1) is 0 Å². The van der Waals surface area contributed by atoms with E-state index in [-0.39, 0.29) is 54.3 Å². The summed E-state index contributed by atoms with van der Waals surface area (Å²) in [5, 5.41) is 26.1. The highest BCUT2D eigenvalue weighted by molar-refractivity contribution is 7.89. The van der Waals surface area contributed by atoms with Crippen molar-refractivity contribution in [2.24, 2.45) is 0 Å². The second-order valence-electron chi connectivity index (χ2n) is 8.62. The van der Waals surface area contributed by atoms with Gasteiger partial charge in [0.25, 0.3) is 5.91 Å². The summed E-state index contributed by atoms with van der Waals surface area (Å²) in [6.45, 7) is -0.560. The fourth-order valence-electron chi connectivity index (χ4n) is 4.05. The van der Waals surface area contributed by atoms with Crippen LogP contribution in [0.4, 0.5) is 5.69 Å². The maximum Gasteiger partial charge on any atom is 0.290 e. The first-order valence-corrected chi connectivity index (χ1v) is 14.6. The summed E-state index contributed by atoms with van der Waals surface area (Å²) in [5.74, 6) is -0.239. The van der Waals surface area contributed by atoms with Gasteiger partial charge >= 0.3 is 0 Å². The van der Waals surface area contributed by atoms with Gasteiger partial charge in [-0.1, -0.05) is 12.1 Å². The zero-order valence-electron chi connectivity index (χ0n) is 21.2. The van der Waals surface area contributed by atoms with Crippen molar-refractivity contribution in [3.8, 4) is 11.5 Å². The number of methoxy groups -OCH3 is 1. The molecule has 4 rings (SSSR count). The van der Waals surface area contributed by atoms with E-state index in [1.165, 1.54) is 36.6 Å². The topological polar surface area (TPSA) is 135 Å². The lowest BCUT2D eigenvalue weighted by Gasteiger charge is -2.30. The van der Waals surface area contributed by atoms with E-state index >= 15 is 0 Å². The minimum Gasteiger partial charge on any atom is -0.506 e. The Morgan fingerprint density at radius 3 is 2.59 bits per heavy atom. The van der Waals surface area contributed by atoms with Crippen molar-refractivity contribution in [1.82, 2.24) is 4.31 Å². The van der Waals surface area contributed by atoms with Crippen LogP contribution in [0.15, 0.2) is 82.1 Å². The van der Waals surface area contributed by atoms with Gasteiger partial charge in [-0.25, -0.2) is 8.42 Å². The normalized spacial score (nSPS) is 17.4. The summed E-state index contributed by atoms with van der Waals surface area (Å²) >= 11 is 1.53. The lowest BCUT2D eigenvalue weighted by Crippen LogP contribution is -2.37. The molecule has 3 aromatic rings. The van der Waals surface area contributed by atoms with Gasteiger partial charge in [0.05, 0.1) is 30.9 Å². The molecule has 0 fully saturated rings. The van der Waals surface area contributed by atoms with Crippen molar-refractivity contribution >= 4 is 33.0 Å². The van der Waals surface area contributed by atoms with Crippen LogP contribution in [-0.2, 0) is 24.3 Å². The fourth-order valence-corrected chi connectivity index (χ4v) is 6.19. The molecule has 39 heavy (non-hydrogen) atoms. The average Bonchev–Trinajstić information content (AvgIpc) is 3.49. The quantitative estimate of drug-likeness (QED) is 0.280. The Balaban J connectivity index is 1.44. The number of aliphatic hydroxyl groups excluding tert-OH is 1. The van der Waals surface area contributed by atoms with Crippen LogP contribution in [-0.4, -0.2) is 68.5 Å². The van der Waals surface area contributed by atoms with Gasteiger partial charge in [0, 0.05) is 25.4 Å². The molecule has 12 heteroatoms. The molecule has 208 valence electrons. The summed E-state index contributed by atoms with van der Waals surface area (Å²) < 4.78 is 44.3. The number of nitrogens with zero attached hydrogens (tertiary/aromatic N) is 1. The zero-order valence-corrected chi connectivity index (χ0v) is 22.9. The van der Waals surface area contributed by atoms with Crippen LogP contribution in [0.5, 0.6) is 11.5 Å².